The van der Waals surface area contributed by atoms with Gasteiger partial charge in [0, 0.05) is 13.1 Å². The molecule has 21 heavy (non-hydrogen) atoms. The minimum absolute atomic E-state index is 0.0727. The number of hydrogen-bond donors (Lipinski definition) is 0. The van der Waals surface area contributed by atoms with Crippen LogP contribution in [0.15, 0.2) is 11.0 Å². The Morgan fingerprint density at radius 2 is 1.52 bits per heavy atom. The van der Waals surface area contributed by atoms with Crippen LogP contribution in [0, 0.1) is 27.7 Å². The molecular formula is C16H25NO3S. The molecule has 0 aromatic heterocycles. The highest BCUT2D eigenvalue weighted by molar-refractivity contribution is 7.89. The van der Waals surface area contributed by atoms with Gasteiger partial charge in [-0.15, -0.1) is 0 Å². The average Bonchev–Trinajstić information content (AvgIpc) is 2.39. The zero-order valence-corrected chi connectivity index (χ0v) is 14.5. The summed E-state index contributed by atoms with van der Waals surface area (Å²) in [6.45, 7) is 12.5. The summed E-state index contributed by atoms with van der Waals surface area (Å²) in [5.41, 5.74) is 4.09. The van der Waals surface area contributed by atoms with Crippen molar-refractivity contribution in [3.05, 3.63) is 28.3 Å². The first-order chi connectivity index (χ1) is 9.64. The lowest BCUT2D eigenvalue weighted by Crippen LogP contribution is -2.48. The lowest BCUT2D eigenvalue weighted by Gasteiger charge is -2.35. The predicted octanol–water partition coefficient (Wildman–Crippen LogP) is 2.72. The van der Waals surface area contributed by atoms with E-state index in [4.69, 9.17) is 4.74 Å². The standard InChI is InChI=1S/C16H25NO3S/c1-10-7-16(15(6)14(5)13(10)4)21(18,19)17-8-11(2)20-12(3)9-17/h7,11-12H,8-9H2,1-6H3. The molecule has 4 nitrogen and oxygen atoms in total. The number of rotatable bonds is 2. The summed E-state index contributed by atoms with van der Waals surface area (Å²) < 4.78 is 33.2. The van der Waals surface area contributed by atoms with E-state index in [1.807, 2.05) is 41.5 Å². The summed E-state index contributed by atoms with van der Waals surface area (Å²) >= 11 is 0. The molecular weight excluding hydrogens is 286 g/mol. The number of benzene rings is 1. The van der Waals surface area contributed by atoms with Gasteiger partial charge in [-0.1, -0.05) is 0 Å². The summed E-state index contributed by atoms with van der Waals surface area (Å²) in [6.07, 6.45) is -0.145. The third-order valence-electron chi connectivity index (χ3n) is 4.44. The molecule has 1 saturated heterocycles. The van der Waals surface area contributed by atoms with E-state index in [9.17, 15) is 8.42 Å². The van der Waals surface area contributed by atoms with Crippen molar-refractivity contribution in [2.45, 2.75) is 58.6 Å². The minimum atomic E-state index is -3.47. The molecule has 1 aromatic carbocycles. The van der Waals surface area contributed by atoms with Gasteiger partial charge in [-0.2, -0.15) is 4.31 Å². The van der Waals surface area contributed by atoms with Crippen LogP contribution in [0.2, 0.25) is 0 Å². The SMILES string of the molecule is Cc1cc(S(=O)(=O)N2CC(C)OC(C)C2)c(C)c(C)c1C. The van der Waals surface area contributed by atoms with Crippen LogP contribution in [-0.2, 0) is 14.8 Å². The summed E-state index contributed by atoms with van der Waals surface area (Å²) in [5, 5.41) is 0. The van der Waals surface area contributed by atoms with Gasteiger partial charge in [-0.25, -0.2) is 8.42 Å². The number of nitrogens with zero attached hydrogens (tertiary/aromatic N) is 1. The number of morpholine rings is 1. The summed E-state index contributed by atoms with van der Waals surface area (Å²) in [7, 11) is -3.47. The summed E-state index contributed by atoms with van der Waals surface area (Å²) in [6, 6.07) is 1.80. The smallest absolute Gasteiger partial charge is 0.243 e. The van der Waals surface area contributed by atoms with E-state index >= 15 is 0 Å². The molecule has 1 heterocycles. The monoisotopic (exact) mass is 311 g/mol. The van der Waals surface area contributed by atoms with E-state index in [1.54, 1.807) is 10.4 Å². The third-order valence-corrected chi connectivity index (χ3v) is 6.40. The number of ether oxygens (including phenoxy) is 1. The van der Waals surface area contributed by atoms with E-state index in [0.717, 1.165) is 22.3 Å². The van der Waals surface area contributed by atoms with Crippen LogP contribution in [0.25, 0.3) is 0 Å². The first-order valence-electron chi connectivity index (χ1n) is 7.37. The van der Waals surface area contributed by atoms with Crippen LogP contribution < -0.4 is 0 Å². The topological polar surface area (TPSA) is 46.6 Å². The van der Waals surface area contributed by atoms with Gasteiger partial charge >= 0.3 is 0 Å². The molecule has 2 unspecified atom stereocenters. The van der Waals surface area contributed by atoms with Crippen LogP contribution >= 0.6 is 0 Å². The molecule has 0 aliphatic carbocycles. The Labute approximate surface area is 128 Å². The lowest BCUT2D eigenvalue weighted by atomic mass is 10.00. The van der Waals surface area contributed by atoms with E-state index in [-0.39, 0.29) is 12.2 Å². The molecule has 0 saturated carbocycles. The molecule has 1 aliphatic heterocycles. The van der Waals surface area contributed by atoms with Crippen molar-refractivity contribution < 1.29 is 13.2 Å². The van der Waals surface area contributed by atoms with Crippen molar-refractivity contribution in [1.29, 1.82) is 0 Å². The van der Waals surface area contributed by atoms with Crippen molar-refractivity contribution in [1.82, 2.24) is 4.31 Å². The highest BCUT2D eigenvalue weighted by Gasteiger charge is 2.33. The van der Waals surface area contributed by atoms with Gasteiger partial charge in [-0.3, -0.25) is 0 Å². The van der Waals surface area contributed by atoms with Gasteiger partial charge in [0.05, 0.1) is 17.1 Å². The maximum absolute atomic E-state index is 13.0. The van der Waals surface area contributed by atoms with Crippen LogP contribution in [-0.4, -0.2) is 38.0 Å². The van der Waals surface area contributed by atoms with Crippen LogP contribution in [0.5, 0.6) is 0 Å². The van der Waals surface area contributed by atoms with E-state index in [2.05, 4.69) is 0 Å². The Hall–Kier alpha value is -0.910. The molecule has 2 atom stereocenters. The van der Waals surface area contributed by atoms with Gasteiger partial charge < -0.3 is 4.74 Å². The second-order valence-electron chi connectivity index (χ2n) is 6.15. The van der Waals surface area contributed by atoms with Crippen LogP contribution in [0.4, 0.5) is 0 Å². The van der Waals surface area contributed by atoms with Crippen molar-refractivity contribution in [2.75, 3.05) is 13.1 Å². The van der Waals surface area contributed by atoms with Crippen LogP contribution in [0.1, 0.15) is 36.1 Å². The van der Waals surface area contributed by atoms with E-state index in [1.165, 1.54) is 0 Å². The maximum Gasteiger partial charge on any atom is 0.243 e. The minimum Gasteiger partial charge on any atom is -0.373 e. The van der Waals surface area contributed by atoms with Gasteiger partial charge in [0.2, 0.25) is 10.0 Å². The Kier molecular flexibility index (Phi) is 4.47. The molecule has 118 valence electrons. The largest absolute Gasteiger partial charge is 0.373 e. The van der Waals surface area contributed by atoms with Crippen molar-refractivity contribution >= 4 is 10.0 Å². The molecule has 5 heteroatoms. The number of aryl methyl sites for hydroxylation is 1. The van der Waals surface area contributed by atoms with E-state index in [0.29, 0.717) is 18.0 Å². The zero-order chi connectivity index (χ0) is 15.9. The molecule has 0 N–H and O–H groups in total. The molecule has 0 radical (unpaired) electrons. The fourth-order valence-corrected chi connectivity index (χ4v) is 4.87. The maximum atomic E-state index is 13.0. The Bertz CT molecular complexity index is 642. The van der Waals surface area contributed by atoms with Crippen molar-refractivity contribution in [3.63, 3.8) is 0 Å². The fourth-order valence-electron chi connectivity index (χ4n) is 2.91. The lowest BCUT2D eigenvalue weighted by molar-refractivity contribution is -0.0440. The second kappa shape index (κ2) is 5.71. The average molecular weight is 311 g/mol. The normalized spacial score (nSPS) is 24.3. The first-order valence-corrected chi connectivity index (χ1v) is 8.81. The molecule has 1 fully saturated rings. The first kappa shape index (κ1) is 16.5. The molecule has 0 spiro atoms. The second-order valence-corrected chi connectivity index (χ2v) is 8.05. The molecule has 1 aliphatic rings. The van der Waals surface area contributed by atoms with Crippen molar-refractivity contribution in [3.8, 4) is 0 Å². The van der Waals surface area contributed by atoms with Crippen molar-refractivity contribution in [2.24, 2.45) is 0 Å². The quantitative estimate of drug-likeness (QED) is 0.843. The highest BCUT2D eigenvalue weighted by Crippen LogP contribution is 2.28. The zero-order valence-electron chi connectivity index (χ0n) is 13.7. The highest BCUT2D eigenvalue weighted by atomic mass is 32.2. The van der Waals surface area contributed by atoms with Gasteiger partial charge in [-0.05, 0) is 69.9 Å². The summed E-state index contributed by atoms with van der Waals surface area (Å²) in [4.78, 5) is 0.435. The molecule has 1 aromatic rings. The number of sulfonamides is 1. The summed E-state index contributed by atoms with van der Waals surface area (Å²) in [5.74, 6) is 0. The molecule has 0 amide bonds. The molecule has 0 bridgehead atoms. The molecule has 2 rings (SSSR count). The van der Waals surface area contributed by atoms with Crippen LogP contribution in [0.3, 0.4) is 0 Å². The van der Waals surface area contributed by atoms with Gasteiger partial charge in [0.25, 0.3) is 0 Å². The third kappa shape index (κ3) is 3.00. The Balaban J connectivity index is 2.50. The van der Waals surface area contributed by atoms with Gasteiger partial charge in [0.15, 0.2) is 0 Å². The van der Waals surface area contributed by atoms with E-state index < -0.39 is 10.0 Å². The van der Waals surface area contributed by atoms with Gasteiger partial charge in [0.1, 0.15) is 0 Å². The Morgan fingerprint density at radius 1 is 1.00 bits per heavy atom. The predicted molar refractivity (Wildman–Crippen MR) is 84.2 cm³/mol. The fraction of sp³-hybridized carbons (Fsp3) is 0.625. The number of hydrogen-bond acceptors (Lipinski definition) is 3. The Morgan fingerprint density at radius 3 is 2.05 bits per heavy atom.